The molecule has 0 unspecified atom stereocenters. The predicted octanol–water partition coefficient (Wildman–Crippen LogP) is 1.95. The number of aryl methyl sites for hydroxylation is 1. The molecule has 4 rings (SSSR count). The van der Waals surface area contributed by atoms with Crippen LogP contribution in [0.1, 0.15) is 31.2 Å². The lowest BCUT2D eigenvalue weighted by Crippen LogP contribution is -2.40. The maximum Gasteiger partial charge on any atom is 0.243 e. The van der Waals surface area contributed by atoms with Gasteiger partial charge in [0.15, 0.2) is 0 Å². The average molecular weight is 311 g/mol. The Kier molecular flexibility index (Phi) is 3.59. The largest absolute Gasteiger partial charge is 0.351 e. The molecule has 1 heterocycles. The van der Waals surface area contributed by atoms with Crippen molar-refractivity contribution in [2.75, 3.05) is 0 Å². The fraction of sp³-hybridized carbons (Fsp3) is 0.529. The molecular weight excluding hydrogens is 290 g/mol. The Bertz CT molecular complexity index is 708. The van der Waals surface area contributed by atoms with E-state index in [0.29, 0.717) is 17.8 Å². The number of nitrogens with one attached hydrogen (secondary N) is 1. The number of carbonyl (C=O) groups excluding carboxylic acids is 1. The lowest BCUT2D eigenvalue weighted by atomic mass is 9.95. The summed E-state index contributed by atoms with van der Waals surface area (Å²) in [6.07, 6.45) is 5.01. The SMILES string of the molecule is Cc1ccc(-c2nnn(CC(=O)N[C@@H]3C[C@@H]4CC[C@@H]3C4)n2)cc1. The number of benzene rings is 1. The highest BCUT2D eigenvalue weighted by molar-refractivity contribution is 5.76. The fourth-order valence-electron chi connectivity index (χ4n) is 3.93. The second-order valence-corrected chi connectivity index (χ2v) is 6.86. The van der Waals surface area contributed by atoms with Gasteiger partial charge in [-0.1, -0.05) is 36.2 Å². The number of hydrogen-bond acceptors (Lipinski definition) is 4. The summed E-state index contributed by atoms with van der Waals surface area (Å²) in [6, 6.07) is 8.30. The summed E-state index contributed by atoms with van der Waals surface area (Å²) >= 11 is 0. The molecule has 23 heavy (non-hydrogen) atoms. The summed E-state index contributed by atoms with van der Waals surface area (Å²) < 4.78 is 0. The van der Waals surface area contributed by atoms with Crippen LogP contribution in [-0.4, -0.2) is 32.2 Å². The van der Waals surface area contributed by atoms with E-state index in [2.05, 4.69) is 20.7 Å². The molecule has 120 valence electrons. The lowest BCUT2D eigenvalue weighted by molar-refractivity contribution is -0.123. The van der Waals surface area contributed by atoms with Gasteiger partial charge < -0.3 is 5.32 Å². The Morgan fingerprint density at radius 2 is 2.09 bits per heavy atom. The molecule has 1 aromatic carbocycles. The summed E-state index contributed by atoms with van der Waals surface area (Å²) in [5, 5.41) is 15.5. The number of fused-ring (bicyclic) bond motifs is 2. The van der Waals surface area contributed by atoms with Gasteiger partial charge in [-0.15, -0.1) is 10.2 Å². The molecule has 3 atom stereocenters. The molecule has 1 amide bonds. The topological polar surface area (TPSA) is 72.7 Å². The Hall–Kier alpha value is -2.24. The third-order valence-corrected chi connectivity index (χ3v) is 5.13. The van der Waals surface area contributed by atoms with Gasteiger partial charge in [-0.2, -0.15) is 4.80 Å². The van der Waals surface area contributed by atoms with Crippen LogP contribution >= 0.6 is 0 Å². The summed E-state index contributed by atoms with van der Waals surface area (Å²) in [7, 11) is 0. The van der Waals surface area contributed by atoms with Gasteiger partial charge in [0.25, 0.3) is 0 Å². The summed E-state index contributed by atoms with van der Waals surface area (Å²) in [4.78, 5) is 13.6. The van der Waals surface area contributed by atoms with Crippen LogP contribution in [-0.2, 0) is 11.3 Å². The van der Waals surface area contributed by atoms with Crippen LogP contribution in [0.25, 0.3) is 11.4 Å². The third kappa shape index (κ3) is 2.98. The van der Waals surface area contributed by atoms with Crippen molar-refractivity contribution in [2.45, 2.75) is 45.2 Å². The van der Waals surface area contributed by atoms with Gasteiger partial charge in [-0.05, 0) is 43.2 Å². The molecule has 1 N–H and O–H groups in total. The summed E-state index contributed by atoms with van der Waals surface area (Å²) in [5.74, 6) is 2.03. The van der Waals surface area contributed by atoms with Gasteiger partial charge in [-0.3, -0.25) is 4.79 Å². The molecule has 2 bridgehead atoms. The van der Waals surface area contributed by atoms with E-state index in [-0.39, 0.29) is 12.5 Å². The standard InChI is InChI=1S/C17H21N5O/c1-11-2-5-13(6-3-11)17-19-21-22(20-17)10-16(23)18-15-9-12-4-7-14(15)8-12/h2-3,5-6,12,14-15H,4,7-10H2,1H3,(H,18,23)/t12-,14-,15-/m1/s1. The molecule has 0 aliphatic heterocycles. The zero-order chi connectivity index (χ0) is 15.8. The van der Waals surface area contributed by atoms with E-state index in [9.17, 15) is 4.79 Å². The van der Waals surface area contributed by atoms with Crippen LogP contribution in [0.3, 0.4) is 0 Å². The second-order valence-electron chi connectivity index (χ2n) is 6.86. The Morgan fingerprint density at radius 3 is 2.78 bits per heavy atom. The smallest absolute Gasteiger partial charge is 0.243 e. The number of aromatic nitrogens is 4. The highest BCUT2D eigenvalue weighted by atomic mass is 16.2. The predicted molar refractivity (Wildman–Crippen MR) is 85.4 cm³/mol. The zero-order valence-electron chi connectivity index (χ0n) is 13.3. The van der Waals surface area contributed by atoms with Crippen molar-refractivity contribution in [3.05, 3.63) is 29.8 Å². The zero-order valence-corrected chi connectivity index (χ0v) is 13.3. The third-order valence-electron chi connectivity index (χ3n) is 5.13. The highest BCUT2D eigenvalue weighted by Crippen LogP contribution is 2.44. The van der Waals surface area contributed by atoms with Gasteiger partial charge in [0.05, 0.1) is 0 Å². The van der Waals surface area contributed by atoms with E-state index >= 15 is 0 Å². The molecule has 2 saturated carbocycles. The number of tetrazole rings is 1. The van der Waals surface area contributed by atoms with Crippen molar-refractivity contribution in [1.82, 2.24) is 25.5 Å². The van der Waals surface area contributed by atoms with Crippen molar-refractivity contribution in [3.8, 4) is 11.4 Å². The number of nitrogens with zero attached hydrogens (tertiary/aromatic N) is 4. The minimum atomic E-state index is -0.0181. The minimum absolute atomic E-state index is 0.0181. The van der Waals surface area contributed by atoms with Crippen LogP contribution in [0.5, 0.6) is 0 Å². The highest BCUT2D eigenvalue weighted by Gasteiger charge is 2.40. The first-order valence-corrected chi connectivity index (χ1v) is 8.31. The Morgan fingerprint density at radius 1 is 1.26 bits per heavy atom. The van der Waals surface area contributed by atoms with Crippen molar-refractivity contribution in [2.24, 2.45) is 11.8 Å². The molecule has 0 radical (unpaired) electrons. The van der Waals surface area contributed by atoms with Crippen molar-refractivity contribution in [3.63, 3.8) is 0 Å². The van der Waals surface area contributed by atoms with E-state index in [1.807, 2.05) is 31.2 Å². The van der Waals surface area contributed by atoms with Crippen LogP contribution in [0, 0.1) is 18.8 Å². The normalized spacial score (nSPS) is 25.7. The molecule has 6 heteroatoms. The van der Waals surface area contributed by atoms with Crippen molar-refractivity contribution in [1.29, 1.82) is 0 Å². The molecule has 2 aliphatic rings. The van der Waals surface area contributed by atoms with E-state index in [4.69, 9.17) is 0 Å². The Balaban J connectivity index is 1.37. The molecule has 1 aromatic heterocycles. The van der Waals surface area contributed by atoms with Crippen LogP contribution in [0.2, 0.25) is 0 Å². The number of amides is 1. The monoisotopic (exact) mass is 311 g/mol. The van der Waals surface area contributed by atoms with Crippen molar-refractivity contribution < 1.29 is 4.79 Å². The molecule has 0 spiro atoms. The van der Waals surface area contributed by atoms with Crippen LogP contribution in [0.4, 0.5) is 0 Å². The number of rotatable bonds is 4. The van der Waals surface area contributed by atoms with E-state index in [0.717, 1.165) is 17.9 Å². The molecule has 2 aliphatic carbocycles. The Labute approximate surface area is 135 Å². The van der Waals surface area contributed by atoms with E-state index < -0.39 is 0 Å². The molecule has 2 aromatic rings. The van der Waals surface area contributed by atoms with Gasteiger partial charge in [0, 0.05) is 11.6 Å². The van der Waals surface area contributed by atoms with E-state index in [1.165, 1.54) is 29.6 Å². The maximum absolute atomic E-state index is 12.2. The number of carbonyl (C=O) groups is 1. The maximum atomic E-state index is 12.2. The van der Waals surface area contributed by atoms with Gasteiger partial charge in [0.1, 0.15) is 6.54 Å². The molecule has 6 nitrogen and oxygen atoms in total. The van der Waals surface area contributed by atoms with Gasteiger partial charge in [0.2, 0.25) is 11.7 Å². The second kappa shape index (κ2) is 5.76. The minimum Gasteiger partial charge on any atom is -0.351 e. The van der Waals surface area contributed by atoms with E-state index in [1.54, 1.807) is 0 Å². The molecule has 2 fully saturated rings. The summed E-state index contributed by atoms with van der Waals surface area (Å²) in [5.41, 5.74) is 2.10. The molecule has 0 saturated heterocycles. The molecular formula is C17H21N5O. The van der Waals surface area contributed by atoms with Gasteiger partial charge in [-0.25, -0.2) is 0 Å². The number of hydrogen-bond donors (Lipinski definition) is 1. The first-order valence-electron chi connectivity index (χ1n) is 8.31. The van der Waals surface area contributed by atoms with Crippen LogP contribution < -0.4 is 5.32 Å². The van der Waals surface area contributed by atoms with Crippen molar-refractivity contribution >= 4 is 5.91 Å². The fourth-order valence-corrected chi connectivity index (χ4v) is 3.93. The lowest BCUT2D eigenvalue weighted by Gasteiger charge is -2.22. The first kappa shape index (κ1) is 14.4. The quantitative estimate of drug-likeness (QED) is 0.937. The average Bonchev–Trinajstić information content (AvgIpc) is 3.24. The summed E-state index contributed by atoms with van der Waals surface area (Å²) in [6.45, 7) is 2.17. The van der Waals surface area contributed by atoms with Crippen LogP contribution in [0.15, 0.2) is 24.3 Å². The van der Waals surface area contributed by atoms with Gasteiger partial charge >= 0.3 is 0 Å². The first-order chi connectivity index (χ1) is 11.2.